The van der Waals surface area contributed by atoms with Crippen LogP contribution in [0, 0.1) is 11.8 Å². The summed E-state index contributed by atoms with van der Waals surface area (Å²) in [7, 11) is 2.60. The summed E-state index contributed by atoms with van der Waals surface area (Å²) in [4.78, 5) is 48.5. The molecule has 8 atom stereocenters. The molecule has 57 heavy (non-hydrogen) atoms. The van der Waals surface area contributed by atoms with E-state index in [4.69, 9.17) is 42.9 Å². The fourth-order valence-electron chi connectivity index (χ4n) is 6.15. The van der Waals surface area contributed by atoms with Gasteiger partial charge in [-0.1, -0.05) is 27.7 Å². The van der Waals surface area contributed by atoms with Crippen LogP contribution in [-0.2, 0) is 38.1 Å². The minimum Gasteiger partial charge on any atom is -0.481 e. The first kappa shape index (κ1) is 48.8. The Morgan fingerprint density at radius 1 is 0.789 bits per heavy atom. The van der Waals surface area contributed by atoms with Gasteiger partial charge >= 0.3 is 17.9 Å². The van der Waals surface area contributed by atoms with Gasteiger partial charge in [-0.05, 0) is 49.8 Å². The fraction of sp³-hybridized carbons (Fsp3) is 0.737. The van der Waals surface area contributed by atoms with Crippen molar-refractivity contribution in [2.45, 2.75) is 117 Å². The maximum absolute atomic E-state index is 13.2. The zero-order valence-electron chi connectivity index (χ0n) is 34.7. The van der Waals surface area contributed by atoms with Gasteiger partial charge in [0.1, 0.15) is 37.1 Å². The molecule has 2 fully saturated rings. The van der Waals surface area contributed by atoms with Gasteiger partial charge in [0.2, 0.25) is 5.91 Å². The average Bonchev–Trinajstić information content (AvgIpc) is 3.98. The Hall–Kier alpha value is -4.30. The molecule has 0 bridgehead atoms. The van der Waals surface area contributed by atoms with Crippen LogP contribution < -0.4 is 14.8 Å². The van der Waals surface area contributed by atoms with Crippen LogP contribution in [0.1, 0.15) is 91.6 Å². The lowest BCUT2D eigenvalue weighted by Gasteiger charge is -2.27. The molecule has 0 aliphatic carbocycles. The second kappa shape index (κ2) is 24.5. The van der Waals surface area contributed by atoms with Gasteiger partial charge in [-0.3, -0.25) is 14.4 Å². The number of amides is 1. The summed E-state index contributed by atoms with van der Waals surface area (Å²) in [6.45, 7) is 17.4. The van der Waals surface area contributed by atoms with Crippen molar-refractivity contribution in [1.29, 1.82) is 0 Å². The van der Waals surface area contributed by atoms with E-state index in [9.17, 15) is 24.3 Å². The first-order valence-electron chi connectivity index (χ1n) is 19.2. The summed E-state index contributed by atoms with van der Waals surface area (Å²) >= 11 is 0. The molecule has 4 N–H and O–H groups in total. The van der Waals surface area contributed by atoms with Crippen molar-refractivity contribution in [3.8, 4) is 11.8 Å². The van der Waals surface area contributed by atoms with E-state index in [1.165, 1.54) is 25.2 Å². The molecule has 2 aliphatic heterocycles. The van der Waals surface area contributed by atoms with Gasteiger partial charge in [0.25, 0.3) is 11.8 Å². The minimum atomic E-state index is -0.930. The van der Waals surface area contributed by atoms with Crippen LogP contribution in [0.25, 0.3) is 0 Å². The summed E-state index contributed by atoms with van der Waals surface area (Å²) in [5.41, 5.74) is 0. The number of carbonyl (C=O) groups is 4. The second-order valence-corrected chi connectivity index (χ2v) is 14.4. The maximum Gasteiger partial charge on any atom is 0.328 e. The fourth-order valence-corrected chi connectivity index (χ4v) is 6.15. The Bertz CT molecular complexity index is 1510. The predicted octanol–water partition coefficient (Wildman–Crippen LogP) is 2.54. The van der Waals surface area contributed by atoms with Gasteiger partial charge in [-0.15, -0.1) is 0 Å². The van der Waals surface area contributed by atoms with Crippen molar-refractivity contribution in [3.05, 3.63) is 23.7 Å². The number of esters is 2. The van der Waals surface area contributed by atoms with E-state index in [0.717, 1.165) is 0 Å². The van der Waals surface area contributed by atoms with Crippen LogP contribution >= 0.6 is 0 Å². The van der Waals surface area contributed by atoms with Crippen LogP contribution in [-0.4, -0.2) is 145 Å². The van der Waals surface area contributed by atoms with E-state index in [0.29, 0.717) is 50.9 Å². The molecule has 0 saturated carbocycles. The lowest BCUT2D eigenvalue weighted by Crippen LogP contribution is -2.44. The van der Waals surface area contributed by atoms with E-state index < -0.39 is 42.0 Å². The SMILES string of the molecule is CCOC(C)COc1cc(C(C(=O)N2C[C@H](O)C[C@H]2C(=O)OC)C(C)C)on1.CCOC(C)COc1cc(C(C(=O)O)C(C)C)on1.COC(=O)[C@@H]1C[C@@H](O)CN1. The molecule has 2 saturated heterocycles. The molecular formula is C38H62N4O15. The summed E-state index contributed by atoms with van der Waals surface area (Å²) in [6, 6.07) is 2.00. The molecule has 4 rings (SSSR count). The molecule has 19 nitrogen and oxygen atoms in total. The van der Waals surface area contributed by atoms with Gasteiger partial charge in [-0.25, -0.2) is 4.79 Å². The largest absolute Gasteiger partial charge is 0.481 e. The van der Waals surface area contributed by atoms with Crippen molar-refractivity contribution in [3.63, 3.8) is 0 Å². The number of methoxy groups -OCH3 is 2. The number of aliphatic hydroxyl groups is 2. The highest BCUT2D eigenvalue weighted by atomic mass is 16.6. The minimum absolute atomic E-state index is 0.0504. The summed E-state index contributed by atoms with van der Waals surface area (Å²) in [6.07, 6.45) is -0.695. The molecule has 2 aromatic rings. The quantitative estimate of drug-likeness (QED) is 0.158. The summed E-state index contributed by atoms with van der Waals surface area (Å²) in [5, 5.41) is 38.5. The zero-order chi connectivity index (χ0) is 42.8. The highest BCUT2D eigenvalue weighted by Crippen LogP contribution is 2.33. The smallest absolute Gasteiger partial charge is 0.328 e. The number of aliphatic carboxylic acids is 1. The lowest BCUT2D eigenvalue weighted by molar-refractivity contribution is -0.152. The van der Waals surface area contributed by atoms with Crippen molar-refractivity contribution in [1.82, 2.24) is 20.5 Å². The number of aliphatic hydroxyl groups excluding tert-OH is 2. The molecule has 19 heteroatoms. The molecule has 0 radical (unpaired) electrons. The van der Waals surface area contributed by atoms with Crippen molar-refractivity contribution in [2.75, 3.05) is 53.7 Å². The predicted molar refractivity (Wildman–Crippen MR) is 202 cm³/mol. The first-order valence-corrected chi connectivity index (χ1v) is 19.2. The van der Waals surface area contributed by atoms with E-state index >= 15 is 0 Å². The molecular weight excluding hydrogens is 752 g/mol. The third-order valence-electron chi connectivity index (χ3n) is 8.95. The highest BCUT2D eigenvalue weighted by molar-refractivity contribution is 5.89. The van der Waals surface area contributed by atoms with Gasteiger partial charge in [0.05, 0.1) is 38.6 Å². The molecule has 2 aliphatic rings. The molecule has 2 aromatic heterocycles. The number of nitrogens with one attached hydrogen (secondary N) is 1. The average molecular weight is 815 g/mol. The van der Waals surface area contributed by atoms with E-state index in [1.54, 1.807) is 6.07 Å². The molecule has 1 amide bonds. The number of nitrogens with zero attached hydrogens (tertiary/aromatic N) is 3. The Kier molecular flexibility index (Phi) is 21.0. The third kappa shape index (κ3) is 15.5. The topological polar surface area (TPSA) is 252 Å². The Morgan fingerprint density at radius 3 is 1.68 bits per heavy atom. The normalized spacial score (nSPS) is 21.1. The number of carboxylic acids is 1. The van der Waals surface area contributed by atoms with Crippen molar-refractivity contribution in [2.24, 2.45) is 11.8 Å². The number of ether oxygens (including phenoxy) is 6. The third-order valence-corrected chi connectivity index (χ3v) is 8.95. The standard InChI is InChI=1S/C19H30N2O7.C13H21NO5.C6H11NO3/c1-6-26-12(4)10-27-16-8-15(28-20-16)17(11(2)3)18(23)21-9-13(22)7-14(21)19(24)25-5;1-5-17-9(4)7-18-11-6-10(19-14-11)12(8(2)3)13(15)16;1-10-6(9)5-2-4(8)3-7-5/h8,11-14,17,22H,6-7,9-10H2,1-5H3;6,8-9,12H,5,7H2,1-4H3,(H,15,16);4-5,7-8H,2-3H2,1H3/t12?,13-,14+,17?;;4-,5+/m1.1/s1. The van der Waals surface area contributed by atoms with Crippen LogP contribution in [0.15, 0.2) is 21.2 Å². The number of likely N-dealkylation sites (tertiary alicyclic amines) is 1. The van der Waals surface area contributed by atoms with Gasteiger partial charge in [0, 0.05) is 51.3 Å². The van der Waals surface area contributed by atoms with Crippen LogP contribution in [0.5, 0.6) is 11.8 Å². The van der Waals surface area contributed by atoms with Crippen molar-refractivity contribution < 1.29 is 72.0 Å². The Balaban J connectivity index is 0.000000331. The van der Waals surface area contributed by atoms with E-state index in [1.807, 2.05) is 55.4 Å². The van der Waals surface area contributed by atoms with Crippen molar-refractivity contribution >= 4 is 23.8 Å². The Morgan fingerprint density at radius 2 is 1.28 bits per heavy atom. The van der Waals surface area contributed by atoms with Gasteiger partial charge in [-0.2, -0.15) is 0 Å². The van der Waals surface area contributed by atoms with Gasteiger partial charge < -0.3 is 63.0 Å². The molecule has 0 aromatic carbocycles. The number of carboxylic acid groups (broad SMARTS) is 1. The lowest BCUT2D eigenvalue weighted by atomic mass is 9.91. The van der Waals surface area contributed by atoms with Gasteiger partial charge in [0.15, 0.2) is 11.5 Å². The highest BCUT2D eigenvalue weighted by Gasteiger charge is 2.44. The number of carbonyl (C=O) groups excluding carboxylic acids is 3. The number of hydrogen-bond acceptors (Lipinski definition) is 17. The number of aromatic nitrogens is 2. The molecule has 4 unspecified atom stereocenters. The second-order valence-electron chi connectivity index (χ2n) is 14.4. The van der Waals surface area contributed by atoms with E-state index in [-0.39, 0.29) is 66.7 Å². The van der Waals surface area contributed by atoms with Crippen LogP contribution in [0.2, 0.25) is 0 Å². The van der Waals surface area contributed by atoms with Crippen LogP contribution in [0.3, 0.4) is 0 Å². The molecule has 4 heterocycles. The first-order chi connectivity index (χ1) is 27.0. The van der Waals surface area contributed by atoms with Crippen LogP contribution in [0.4, 0.5) is 0 Å². The Labute approximate surface area is 333 Å². The van der Waals surface area contributed by atoms with E-state index in [2.05, 4.69) is 20.4 Å². The number of hydrogen-bond donors (Lipinski definition) is 4. The molecule has 324 valence electrons. The molecule has 0 spiro atoms. The maximum atomic E-state index is 13.2. The monoisotopic (exact) mass is 814 g/mol. The number of β-amino-alcohol motifs (C(OH)–C–C–N with tert-alkyl or cyclic N) is 2. The summed E-state index contributed by atoms with van der Waals surface area (Å²) < 4.78 is 41.3. The zero-order valence-corrected chi connectivity index (χ0v) is 34.7. The summed E-state index contributed by atoms with van der Waals surface area (Å²) in [5.74, 6) is -2.44. The number of rotatable bonds is 18.